The van der Waals surface area contributed by atoms with Gasteiger partial charge in [-0.25, -0.2) is 0 Å². The Labute approximate surface area is 111 Å². The number of nitrogens with zero attached hydrogens (tertiary/aromatic N) is 1. The minimum absolute atomic E-state index is 0.903. The number of nitrogens with one attached hydrogen (secondary N) is 2. The Morgan fingerprint density at radius 3 is 2.82 bits per heavy atom. The zero-order valence-electron chi connectivity index (χ0n) is 10.6. The van der Waals surface area contributed by atoms with E-state index >= 15 is 0 Å². The van der Waals surface area contributed by atoms with Gasteiger partial charge >= 0.3 is 0 Å². The number of anilines is 1. The Balaban J connectivity index is 1.98. The van der Waals surface area contributed by atoms with Crippen LogP contribution in [0.2, 0.25) is 0 Å². The molecule has 1 aliphatic heterocycles. The van der Waals surface area contributed by atoms with Crippen molar-refractivity contribution in [2.75, 3.05) is 11.9 Å². The minimum atomic E-state index is 0.903. The molecule has 0 amide bonds. The van der Waals surface area contributed by atoms with E-state index in [4.69, 9.17) is 0 Å². The third-order valence-corrected chi connectivity index (χ3v) is 5.11. The van der Waals surface area contributed by atoms with Crippen LogP contribution in [0, 0.1) is 13.8 Å². The molecule has 94 valence electrons. The van der Waals surface area contributed by atoms with Gasteiger partial charge in [-0.05, 0) is 37.8 Å². The molecule has 0 radical (unpaired) electrons. The highest BCUT2D eigenvalue weighted by atomic mass is 32.2. The molecule has 3 nitrogen and oxygen atoms in total. The van der Waals surface area contributed by atoms with Crippen LogP contribution in [0.4, 0.5) is 5.00 Å². The summed E-state index contributed by atoms with van der Waals surface area (Å²) in [4.78, 5) is 7.24. The van der Waals surface area contributed by atoms with E-state index in [9.17, 15) is 0 Å². The summed E-state index contributed by atoms with van der Waals surface area (Å²) in [7, 11) is 0. The van der Waals surface area contributed by atoms with Gasteiger partial charge in [0.25, 0.3) is 0 Å². The van der Waals surface area contributed by atoms with Crippen LogP contribution in [0.3, 0.4) is 0 Å². The lowest BCUT2D eigenvalue weighted by molar-refractivity contribution is 0.727. The third-order valence-electron chi connectivity index (χ3n) is 2.84. The van der Waals surface area contributed by atoms with Crippen molar-refractivity contribution >= 4 is 34.2 Å². The quantitative estimate of drug-likeness (QED) is 0.642. The molecule has 0 spiro atoms. The van der Waals surface area contributed by atoms with Crippen molar-refractivity contribution in [3.8, 4) is 0 Å². The molecule has 0 fully saturated rings. The molecule has 2 rings (SSSR count). The van der Waals surface area contributed by atoms with Crippen molar-refractivity contribution in [1.29, 1.82) is 0 Å². The molecule has 1 aliphatic rings. The van der Waals surface area contributed by atoms with Crippen LogP contribution in [0.1, 0.15) is 36.6 Å². The SMILES string of the molecule is CCCCCN=C1NSc2c(sc(C)c2C)N1. The molecule has 2 heterocycles. The Morgan fingerprint density at radius 2 is 2.06 bits per heavy atom. The molecule has 1 aromatic rings. The lowest BCUT2D eigenvalue weighted by atomic mass is 10.2. The first-order chi connectivity index (χ1) is 8.22. The predicted octanol–water partition coefficient (Wildman–Crippen LogP) is 3.93. The number of hydrogen-bond donors (Lipinski definition) is 2. The van der Waals surface area contributed by atoms with Gasteiger partial charge < -0.3 is 5.32 Å². The summed E-state index contributed by atoms with van der Waals surface area (Å²) in [5.41, 5.74) is 1.38. The Morgan fingerprint density at radius 1 is 1.24 bits per heavy atom. The summed E-state index contributed by atoms with van der Waals surface area (Å²) in [5, 5.41) is 4.61. The topological polar surface area (TPSA) is 36.4 Å². The van der Waals surface area contributed by atoms with Crippen LogP contribution in [-0.2, 0) is 0 Å². The van der Waals surface area contributed by atoms with Crippen molar-refractivity contribution < 1.29 is 0 Å². The van der Waals surface area contributed by atoms with Crippen molar-refractivity contribution in [2.45, 2.75) is 44.9 Å². The van der Waals surface area contributed by atoms with E-state index in [1.807, 2.05) is 11.3 Å². The summed E-state index contributed by atoms with van der Waals surface area (Å²) < 4.78 is 3.27. The second-order valence-electron chi connectivity index (χ2n) is 4.21. The summed E-state index contributed by atoms with van der Waals surface area (Å²) in [6.45, 7) is 7.45. The van der Waals surface area contributed by atoms with E-state index in [0.29, 0.717) is 0 Å². The predicted molar refractivity (Wildman–Crippen MR) is 78.2 cm³/mol. The van der Waals surface area contributed by atoms with E-state index in [-0.39, 0.29) is 0 Å². The van der Waals surface area contributed by atoms with Crippen LogP contribution in [0.15, 0.2) is 9.89 Å². The number of fused-ring (bicyclic) bond motifs is 1. The van der Waals surface area contributed by atoms with Gasteiger partial charge in [-0.15, -0.1) is 11.3 Å². The Hall–Kier alpha value is -0.680. The van der Waals surface area contributed by atoms with E-state index in [1.54, 1.807) is 11.9 Å². The van der Waals surface area contributed by atoms with Gasteiger partial charge in [0.2, 0.25) is 5.96 Å². The number of aliphatic imine (C=N–C) groups is 1. The first kappa shape index (κ1) is 12.8. The van der Waals surface area contributed by atoms with Gasteiger partial charge in [0.15, 0.2) is 0 Å². The van der Waals surface area contributed by atoms with Gasteiger partial charge in [0, 0.05) is 11.4 Å². The highest BCUT2D eigenvalue weighted by Crippen LogP contribution is 2.40. The molecule has 5 heteroatoms. The molecule has 0 aromatic carbocycles. The van der Waals surface area contributed by atoms with Crippen LogP contribution in [0.25, 0.3) is 0 Å². The summed E-state index contributed by atoms with van der Waals surface area (Å²) in [6, 6.07) is 0. The van der Waals surface area contributed by atoms with Crippen molar-refractivity contribution in [3.05, 3.63) is 10.4 Å². The molecule has 0 saturated carbocycles. The van der Waals surface area contributed by atoms with Gasteiger partial charge in [0.1, 0.15) is 5.00 Å². The summed E-state index contributed by atoms with van der Waals surface area (Å²) in [6.07, 6.45) is 3.67. The lowest BCUT2D eigenvalue weighted by Gasteiger charge is -2.17. The third kappa shape index (κ3) is 2.96. The standard InChI is InChI=1S/C12H19N3S2/c1-4-5-6-7-13-12-14-11-10(17-15-12)8(2)9(3)16-11/h4-7H2,1-3H3,(H2,13,14,15). The van der Waals surface area contributed by atoms with Crippen molar-refractivity contribution in [2.24, 2.45) is 4.99 Å². The van der Waals surface area contributed by atoms with Crippen LogP contribution in [-0.4, -0.2) is 12.5 Å². The molecule has 17 heavy (non-hydrogen) atoms. The average molecular weight is 269 g/mol. The van der Waals surface area contributed by atoms with Crippen molar-refractivity contribution in [1.82, 2.24) is 4.72 Å². The second-order valence-corrected chi connectivity index (χ2v) is 6.25. The minimum Gasteiger partial charge on any atom is -0.316 e. The number of thiophene rings is 1. The number of rotatable bonds is 4. The lowest BCUT2D eigenvalue weighted by Crippen LogP contribution is -2.28. The maximum absolute atomic E-state index is 4.54. The number of hydrogen-bond acceptors (Lipinski definition) is 3. The monoisotopic (exact) mass is 269 g/mol. The van der Waals surface area contributed by atoms with Crippen LogP contribution < -0.4 is 10.0 Å². The number of aryl methyl sites for hydroxylation is 1. The molecule has 1 aromatic heterocycles. The fourth-order valence-electron chi connectivity index (χ4n) is 1.67. The molecule has 0 aliphatic carbocycles. The van der Waals surface area contributed by atoms with E-state index in [1.165, 1.54) is 39.6 Å². The van der Waals surface area contributed by atoms with Crippen LogP contribution in [0.5, 0.6) is 0 Å². The molecule has 0 atom stereocenters. The number of unbranched alkanes of at least 4 members (excludes halogenated alkanes) is 2. The zero-order valence-corrected chi connectivity index (χ0v) is 12.2. The highest BCUT2D eigenvalue weighted by molar-refractivity contribution is 7.98. The summed E-state index contributed by atoms with van der Waals surface area (Å²) >= 11 is 3.49. The molecule has 0 unspecified atom stereocenters. The van der Waals surface area contributed by atoms with Gasteiger partial charge in [0.05, 0.1) is 4.90 Å². The normalized spacial score (nSPS) is 16.5. The second kappa shape index (κ2) is 5.78. The van der Waals surface area contributed by atoms with Gasteiger partial charge in [-0.3, -0.25) is 9.71 Å². The highest BCUT2D eigenvalue weighted by Gasteiger charge is 2.19. The summed E-state index contributed by atoms with van der Waals surface area (Å²) in [5.74, 6) is 0.903. The maximum atomic E-state index is 4.54. The largest absolute Gasteiger partial charge is 0.316 e. The molecular weight excluding hydrogens is 250 g/mol. The molecule has 0 bridgehead atoms. The fraction of sp³-hybridized carbons (Fsp3) is 0.583. The van der Waals surface area contributed by atoms with Crippen molar-refractivity contribution in [3.63, 3.8) is 0 Å². The average Bonchev–Trinajstić information content (AvgIpc) is 2.61. The Kier molecular flexibility index (Phi) is 4.34. The van der Waals surface area contributed by atoms with Gasteiger partial charge in [-0.2, -0.15) is 0 Å². The molecule has 2 N–H and O–H groups in total. The van der Waals surface area contributed by atoms with E-state index in [2.05, 4.69) is 35.8 Å². The number of guanidine groups is 1. The first-order valence-corrected chi connectivity index (χ1v) is 7.70. The molecule has 0 saturated heterocycles. The maximum Gasteiger partial charge on any atom is 0.206 e. The first-order valence-electron chi connectivity index (χ1n) is 6.06. The Bertz CT molecular complexity index is 424. The van der Waals surface area contributed by atoms with Crippen LogP contribution >= 0.6 is 23.3 Å². The fourth-order valence-corrected chi connectivity index (χ4v) is 3.70. The van der Waals surface area contributed by atoms with Gasteiger partial charge in [-0.1, -0.05) is 19.8 Å². The smallest absolute Gasteiger partial charge is 0.206 e. The zero-order chi connectivity index (χ0) is 12.3. The van der Waals surface area contributed by atoms with E-state index in [0.717, 1.165) is 12.5 Å². The van der Waals surface area contributed by atoms with E-state index < -0.39 is 0 Å². The molecular formula is C12H19N3S2.